The van der Waals surface area contributed by atoms with Gasteiger partial charge in [-0.3, -0.25) is 0 Å². The lowest BCUT2D eigenvalue weighted by molar-refractivity contribution is -0.131. The molecule has 0 aliphatic carbocycles. The average Bonchev–Trinajstić information content (AvgIpc) is 2.89. The second kappa shape index (κ2) is 11.4. The lowest BCUT2D eigenvalue weighted by atomic mass is 10.2. The maximum Gasteiger partial charge on any atom is 0.332 e. The van der Waals surface area contributed by atoms with Crippen molar-refractivity contribution < 1.29 is 29.2 Å². The van der Waals surface area contributed by atoms with Crippen LogP contribution >= 0.6 is 0 Å². The molecule has 0 unspecified atom stereocenters. The molecular weight excluding hydrogens is 444 g/mol. The van der Waals surface area contributed by atoms with Crippen LogP contribution in [0.15, 0.2) is 109 Å². The number of aromatic hydroxyl groups is 1. The molecule has 4 aromatic carbocycles. The lowest BCUT2D eigenvalue weighted by Crippen LogP contribution is -2.02. The van der Waals surface area contributed by atoms with Crippen LogP contribution in [-0.2, 0) is 18.0 Å². The molecule has 0 aromatic heterocycles. The van der Waals surface area contributed by atoms with E-state index < -0.39 is 5.97 Å². The van der Waals surface area contributed by atoms with Gasteiger partial charge in [-0.15, -0.1) is 0 Å². The molecule has 0 aliphatic heterocycles. The summed E-state index contributed by atoms with van der Waals surface area (Å²) in [5.74, 6) is -0.636. The Kier molecular flexibility index (Phi) is 7.66. The Balaban J connectivity index is 1.65. The molecule has 0 aliphatic rings. The first-order valence-corrected chi connectivity index (χ1v) is 11.0. The summed E-state index contributed by atoms with van der Waals surface area (Å²) in [7, 11) is 0. The number of carbonyl (C=O) groups is 1. The number of carboxylic acids is 1. The highest BCUT2D eigenvalue weighted by atomic mass is 16.5. The number of ether oxygens (including phenoxy) is 3. The predicted octanol–water partition coefficient (Wildman–Crippen LogP) is 6.05. The quantitative estimate of drug-likeness (QED) is 0.218. The molecule has 176 valence electrons. The molecule has 0 saturated heterocycles. The summed E-state index contributed by atoms with van der Waals surface area (Å²) in [4.78, 5) is 11.4. The summed E-state index contributed by atoms with van der Waals surface area (Å²) >= 11 is 0. The van der Waals surface area contributed by atoms with Crippen molar-refractivity contribution in [2.45, 2.75) is 13.2 Å². The van der Waals surface area contributed by atoms with Crippen LogP contribution in [-0.4, -0.2) is 16.2 Å². The molecule has 6 nitrogen and oxygen atoms in total. The van der Waals surface area contributed by atoms with Crippen molar-refractivity contribution in [2.24, 2.45) is 0 Å². The Morgan fingerprint density at radius 1 is 0.714 bits per heavy atom. The van der Waals surface area contributed by atoms with Gasteiger partial charge in [-0.2, -0.15) is 0 Å². The molecule has 0 heterocycles. The molecule has 35 heavy (non-hydrogen) atoms. The molecule has 0 saturated carbocycles. The minimum Gasteiger partial charge on any atom is -0.502 e. The van der Waals surface area contributed by atoms with Gasteiger partial charge in [0.15, 0.2) is 11.5 Å². The maximum absolute atomic E-state index is 11.4. The largest absolute Gasteiger partial charge is 0.502 e. The number of hydrogen-bond donors (Lipinski definition) is 2. The summed E-state index contributed by atoms with van der Waals surface area (Å²) in [6.07, 6.45) is 0.983. The van der Waals surface area contributed by atoms with Gasteiger partial charge in [0.05, 0.1) is 6.08 Å². The molecule has 4 aromatic rings. The van der Waals surface area contributed by atoms with Crippen molar-refractivity contribution >= 4 is 11.7 Å². The highest BCUT2D eigenvalue weighted by Crippen LogP contribution is 2.42. The second-order valence-electron chi connectivity index (χ2n) is 7.63. The fourth-order valence-electron chi connectivity index (χ4n) is 3.32. The van der Waals surface area contributed by atoms with Gasteiger partial charge in [-0.25, -0.2) is 4.79 Å². The zero-order valence-corrected chi connectivity index (χ0v) is 18.8. The van der Waals surface area contributed by atoms with Crippen LogP contribution in [0.3, 0.4) is 0 Å². The molecule has 0 amide bonds. The standard InChI is InChI=1S/C29H24O6/c30-28(31)18-25(23-14-8-3-9-15-23)35-24-16-26(33-19-21-10-4-1-5-11-21)29(32)27(17-24)34-20-22-12-6-2-7-13-22/h1-18,32H,19-20H2,(H,30,31). The third-order valence-electron chi connectivity index (χ3n) is 5.03. The topological polar surface area (TPSA) is 85.2 Å². The number of aliphatic carboxylic acids is 1. The van der Waals surface area contributed by atoms with E-state index in [1.54, 1.807) is 24.3 Å². The van der Waals surface area contributed by atoms with Gasteiger partial charge >= 0.3 is 5.97 Å². The molecule has 0 bridgehead atoms. The Morgan fingerprint density at radius 3 is 1.63 bits per heavy atom. The fourth-order valence-corrected chi connectivity index (χ4v) is 3.32. The van der Waals surface area contributed by atoms with Crippen LogP contribution in [0, 0.1) is 0 Å². The molecule has 0 radical (unpaired) electrons. The van der Waals surface area contributed by atoms with Gasteiger partial charge in [0.1, 0.15) is 24.7 Å². The van der Waals surface area contributed by atoms with Gasteiger partial charge in [0.2, 0.25) is 5.75 Å². The SMILES string of the molecule is O=C(O)C=C(Oc1cc(OCc2ccccc2)c(O)c(OCc2ccccc2)c1)c1ccccc1. The van der Waals surface area contributed by atoms with Gasteiger partial charge in [0, 0.05) is 17.7 Å². The monoisotopic (exact) mass is 468 g/mol. The van der Waals surface area contributed by atoms with Gasteiger partial charge in [-0.1, -0.05) is 91.0 Å². The molecule has 2 N–H and O–H groups in total. The minimum absolute atomic E-state index is 0.131. The molecule has 6 heteroatoms. The predicted molar refractivity (Wildman–Crippen MR) is 132 cm³/mol. The summed E-state index contributed by atoms with van der Waals surface area (Å²) in [5.41, 5.74) is 2.42. The highest BCUT2D eigenvalue weighted by molar-refractivity contribution is 5.88. The number of carboxylic acid groups (broad SMARTS) is 1. The van der Waals surface area contributed by atoms with Crippen molar-refractivity contribution in [3.05, 3.63) is 126 Å². The van der Waals surface area contributed by atoms with Crippen LogP contribution in [0.4, 0.5) is 0 Å². The second-order valence-corrected chi connectivity index (χ2v) is 7.63. The van der Waals surface area contributed by atoms with E-state index in [4.69, 9.17) is 14.2 Å². The zero-order valence-electron chi connectivity index (χ0n) is 18.8. The van der Waals surface area contributed by atoms with Crippen LogP contribution in [0.1, 0.15) is 16.7 Å². The molecule has 0 fully saturated rings. The van der Waals surface area contributed by atoms with Crippen molar-refractivity contribution in [1.82, 2.24) is 0 Å². The van der Waals surface area contributed by atoms with E-state index in [2.05, 4.69) is 0 Å². The fraction of sp³-hybridized carbons (Fsp3) is 0.0690. The van der Waals surface area contributed by atoms with Gasteiger partial charge < -0.3 is 24.4 Å². The third-order valence-corrected chi connectivity index (χ3v) is 5.03. The summed E-state index contributed by atoms with van der Waals surface area (Å²) in [6, 6.07) is 30.9. The molecule has 0 spiro atoms. The van der Waals surface area contributed by atoms with Gasteiger partial charge in [0.25, 0.3) is 0 Å². The first kappa shape index (κ1) is 23.4. The number of phenolic OH excluding ortho intramolecular Hbond substituents is 1. The van der Waals surface area contributed by atoms with Crippen LogP contribution < -0.4 is 14.2 Å². The Morgan fingerprint density at radius 2 is 1.17 bits per heavy atom. The Labute approximate surface area is 203 Å². The van der Waals surface area contributed by atoms with Crippen molar-refractivity contribution in [3.8, 4) is 23.0 Å². The van der Waals surface area contributed by atoms with E-state index in [0.717, 1.165) is 17.2 Å². The lowest BCUT2D eigenvalue weighted by Gasteiger charge is -2.16. The van der Waals surface area contributed by atoms with Crippen molar-refractivity contribution in [3.63, 3.8) is 0 Å². The van der Waals surface area contributed by atoms with E-state index in [9.17, 15) is 15.0 Å². The Hall–Kier alpha value is -4.71. The van der Waals surface area contributed by atoms with E-state index in [-0.39, 0.29) is 42.0 Å². The van der Waals surface area contributed by atoms with Crippen LogP contribution in [0.25, 0.3) is 5.76 Å². The van der Waals surface area contributed by atoms with Gasteiger partial charge in [-0.05, 0) is 11.1 Å². The summed E-state index contributed by atoms with van der Waals surface area (Å²) in [6.45, 7) is 0.430. The maximum atomic E-state index is 11.4. The first-order chi connectivity index (χ1) is 17.1. The van der Waals surface area contributed by atoms with Crippen molar-refractivity contribution in [2.75, 3.05) is 0 Å². The first-order valence-electron chi connectivity index (χ1n) is 11.0. The average molecular weight is 469 g/mol. The molecule has 0 atom stereocenters. The summed E-state index contributed by atoms with van der Waals surface area (Å²) in [5, 5.41) is 20.2. The number of benzene rings is 4. The molecular formula is C29H24O6. The van der Waals surface area contributed by atoms with E-state index in [1.807, 2.05) is 66.7 Å². The Bertz CT molecular complexity index is 1220. The van der Waals surface area contributed by atoms with Crippen LogP contribution in [0.5, 0.6) is 23.0 Å². The third kappa shape index (κ3) is 6.65. The zero-order chi connectivity index (χ0) is 24.5. The van der Waals surface area contributed by atoms with E-state index in [1.165, 1.54) is 12.1 Å². The van der Waals surface area contributed by atoms with E-state index >= 15 is 0 Å². The number of hydrogen-bond acceptors (Lipinski definition) is 5. The molecule has 4 rings (SSSR count). The van der Waals surface area contributed by atoms with Crippen molar-refractivity contribution in [1.29, 1.82) is 0 Å². The normalized spacial score (nSPS) is 11.0. The van der Waals surface area contributed by atoms with Crippen LogP contribution in [0.2, 0.25) is 0 Å². The van der Waals surface area contributed by atoms with E-state index in [0.29, 0.717) is 5.56 Å². The number of rotatable bonds is 10. The minimum atomic E-state index is -1.15. The smallest absolute Gasteiger partial charge is 0.332 e. The highest BCUT2D eigenvalue weighted by Gasteiger charge is 2.16. The number of phenols is 1. The summed E-state index contributed by atoms with van der Waals surface area (Å²) < 4.78 is 17.7.